The lowest BCUT2D eigenvalue weighted by Gasteiger charge is -2.31. The third-order valence-electron chi connectivity index (χ3n) is 7.38. The highest BCUT2D eigenvalue weighted by Crippen LogP contribution is 2.27. The van der Waals surface area contributed by atoms with E-state index in [1.54, 1.807) is 43.4 Å². The Labute approximate surface area is 261 Å². The molecule has 0 aliphatic carbocycles. The molecule has 2 heterocycles. The molecule has 1 aliphatic rings. The summed E-state index contributed by atoms with van der Waals surface area (Å²) < 4.78 is 10.8. The van der Waals surface area contributed by atoms with Gasteiger partial charge in [0.05, 0.1) is 69.0 Å². The minimum atomic E-state index is -1.06. The number of aryl methyl sites for hydroxylation is 1. The van der Waals surface area contributed by atoms with E-state index in [0.29, 0.717) is 60.4 Å². The van der Waals surface area contributed by atoms with Crippen LogP contribution in [0.3, 0.4) is 0 Å². The number of hydrogen-bond donors (Lipinski definition) is 4. The van der Waals surface area contributed by atoms with Gasteiger partial charge in [-0.3, -0.25) is 24.3 Å². The Hall–Kier alpha value is -5.01. The molecule has 0 bridgehead atoms. The van der Waals surface area contributed by atoms with Crippen LogP contribution >= 0.6 is 0 Å². The quantitative estimate of drug-likeness (QED) is 0.238. The van der Waals surface area contributed by atoms with E-state index in [4.69, 9.17) is 9.47 Å². The normalized spacial score (nSPS) is 13.8. The molecule has 1 atom stereocenters. The number of pyridine rings is 1. The molecule has 1 fully saturated rings. The van der Waals surface area contributed by atoms with Crippen molar-refractivity contribution in [1.29, 1.82) is 0 Å². The molecule has 0 saturated carbocycles. The number of hydrogen-bond acceptors (Lipinski definition) is 8. The van der Waals surface area contributed by atoms with Crippen LogP contribution in [-0.2, 0) is 25.5 Å². The highest BCUT2D eigenvalue weighted by Gasteiger charge is 2.27. The molecule has 1 aliphatic heterocycles. The molecule has 1 saturated heterocycles. The van der Waals surface area contributed by atoms with Crippen LogP contribution in [0.1, 0.15) is 29.3 Å². The number of nitrogens with zero attached hydrogens (tertiary/aromatic N) is 3. The van der Waals surface area contributed by atoms with Crippen LogP contribution in [0.2, 0.25) is 0 Å². The zero-order valence-electron chi connectivity index (χ0n) is 25.5. The fraction of sp³-hybridized carbons (Fsp3) is 0.344. The fourth-order valence-electron chi connectivity index (χ4n) is 4.85. The van der Waals surface area contributed by atoms with Gasteiger partial charge in [0.25, 0.3) is 0 Å². The van der Waals surface area contributed by atoms with Crippen LogP contribution in [0.4, 0.5) is 21.9 Å². The number of carboxylic acids is 1. The number of anilines is 3. The van der Waals surface area contributed by atoms with Gasteiger partial charge in [-0.05, 0) is 48.4 Å². The number of benzene rings is 2. The maximum atomic E-state index is 12.9. The summed E-state index contributed by atoms with van der Waals surface area (Å²) in [6, 6.07) is 14.5. The van der Waals surface area contributed by atoms with Gasteiger partial charge in [-0.2, -0.15) is 0 Å². The summed E-state index contributed by atoms with van der Waals surface area (Å²) in [5.41, 5.74) is 3.52. The molecule has 2 aromatic carbocycles. The zero-order chi connectivity index (χ0) is 32.3. The lowest BCUT2D eigenvalue weighted by molar-refractivity contribution is -0.141. The second-order valence-corrected chi connectivity index (χ2v) is 10.6. The van der Waals surface area contributed by atoms with Crippen LogP contribution in [0, 0.1) is 6.92 Å². The van der Waals surface area contributed by atoms with Crippen LogP contribution in [0.15, 0.2) is 60.8 Å². The van der Waals surface area contributed by atoms with Crippen LogP contribution < -0.4 is 20.7 Å². The number of morpholine rings is 1. The third kappa shape index (κ3) is 9.49. The Kier molecular flexibility index (Phi) is 11.4. The number of aliphatic carboxylic acids is 1. The average Bonchev–Trinajstić information content (AvgIpc) is 3.02. The number of methoxy groups -OCH3 is 1. The standard InChI is InChI=1S/C32H38N6O7/c1-21-6-4-5-7-24(21)35-32(43)36-26-10-8-22(16-28(26)44-3)17-29(39)34-23-9-11-25(33-19-23)27(18-31(41)42)37(2)30(40)20-38-12-14-45-15-13-38/h4-11,16,19,27H,12-15,17-18,20H2,1-3H3,(H,34,39)(H,41,42)(H2,35,36,43). The van der Waals surface area contributed by atoms with E-state index in [-0.39, 0.29) is 31.2 Å². The Morgan fingerprint density at radius 3 is 2.42 bits per heavy atom. The second-order valence-electron chi connectivity index (χ2n) is 10.6. The van der Waals surface area contributed by atoms with Crippen molar-refractivity contribution in [1.82, 2.24) is 14.8 Å². The Morgan fingerprint density at radius 2 is 1.76 bits per heavy atom. The first-order valence-corrected chi connectivity index (χ1v) is 14.5. The Morgan fingerprint density at radius 1 is 1.02 bits per heavy atom. The molecule has 45 heavy (non-hydrogen) atoms. The molecule has 0 spiro atoms. The molecular formula is C32H38N6O7. The van der Waals surface area contributed by atoms with Crippen molar-refractivity contribution in [3.63, 3.8) is 0 Å². The van der Waals surface area contributed by atoms with E-state index in [0.717, 1.165) is 5.56 Å². The minimum absolute atomic E-state index is 0.0220. The van der Waals surface area contributed by atoms with E-state index in [9.17, 15) is 24.3 Å². The molecule has 4 amide bonds. The lowest BCUT2D eigenvalue weighted by Crippen LogP contribution is -2.45. The zero-order valence-corrected chi connectivity index (χ0v) is 25.5. The number of ether oxygens (including phenoxy) is 2. The molecule has 1 aromatic heterocycles. The van der Waals surface area contributed by atoms with E-state index in [2.05, 4.69) is 20.9 Å². The van der Waals surface area contributed by atoms with E-state index < -0.39 is 18.0 Å². The van der Waals surface area contributed by atoms with Crippen LogP contribution in [0.5, 0.6) is 5.75 Å². The van der Waals surface area contributed by atoms with Gasteiger partial charge in [0.1, 0.15) is 5.75 Å². The van der Waals surface area contributed by atoms with Gasteiger partial charge in [-0.1, -0.05) is 24.3 Å². The number of rotatable bonds is 12. The first-order valence-electron chi connectivity index (χ1n) is 14.5. The number of likely N-dealkylation sites (N-methyl/N-ethyl adjacent to an activating group) is 1. The first kappa shape index (κ1) is 32.9. The van der Waals surface area contributed by atoms with Gasteiger partial charge in [0.2, 0.25) is 11.8 Å². The predicted molar refractivity (Wildman–Crippen MR) is 168 cm³/mol. The topological polar surface area (TPSA) is 162 Å². The van der Waals surface area contributed by atoms with Crippen LogP contribution in [-0.4, -0.2) is 90.7 Å². The first-order chi connectivity index (χ1) is 21.6. The predicted octanol–water partition coefficient (Wildman–Crippen LogP) is 3.53. The molecule has 13 nitrogen and oxygen atoms in total. The average molecular weight is 619 g/mol. The molecular weight excluding hydrogens is 580 g/mol. The van der Waals surface area contributed by atoms with E-state index >= 15 is 0 Å². The van der Waals surface area contributed by atoms with Crippen molar-refractivity contribution in [2.24, 2.45) is 0 Å². The Bertz CT molecular complexity index is 1510. The van der Waals surface area contributed by atoms with Crippen molar-refractivity contribution in [3.8, 4) is 5.75 Å². The monoisotopic (exact) mass is 618 g/mol. The summed E-state index contributed by atoms with van der Waals surface area (Å²) in [5.74, 6) is -1.20. The molecule has 1 unspecified atom stereocenters. The number of carbonyl (C=O) groups is 4. The maximum Gasteiger partial charge on any atom is 0.323 e. The largest absolute Gasteiger partial charge is 0.495 e. The molecule has 4 rings (SSSR count). The highest BCUT2D eigenvalue weighted by molar-refractivity contribution is 6.01. The van der Waals surface area contributed by atoms with Crippen molar-refractivity contribution >= 4 is 40.9 Å². The lowest BCUT2D eigenvalue weighted by atomic mass is 10.1. The maximum absolute atomic E-state index is 12.9. The smallest absolute Gasteiger partial charge is 0.323 e. The van der Waals surface area contributed by atoms with Gasteiger partial charge in [0, 0.05) is 25.8 Å². The van der Waals surface area contributed by atoms with Crippen molar-refractivity contribution in [2.75, 3.05) is 63.0 Å². The fourth-order valence-corrected chi connectivity index (χ4v) is 4.85. The summed E-state index contributed by atoms with van der Waals surface area (Å²) in [4.78, 5) is 57.7. The molecule has 3 aromatic rings. The summed E-state index contributed by atoms with van der Waals surface area (Å²) in [6.07, 6.45) is 1.14. The van der Waals surface area contributed by atoms with E-state index in [1.165, 1.54) is 18.2 Å². The van der Waals surface area contributed by atoms with Crippen molar-refractivity contribution in [3.05, 3.63) is 77.6 Å². The number of aromatic nitrogens is 1. The van der Waals surface area contributed by atoms with Gasteiger partial charge < -0.3 is 35.4 Å². The van der Waals surface area contributed by atoms with Crippen molar-refractivity contribution < 1.29 is 33.8 Å². The summed E-state index contributed by atoms with van der Waals surface area (Å²) in [6.45, 7) is 4.42. The second kappa shape index (κ2) is 15.6. The molecule has 4 N–H and O–H groups in total. The van der Waals surface area contributed by atoms with Gasteiger partial charge in [0.15, 0.2) is 0 Å². The number of amides is 4. The summed E-state index contributed by atoms with van der Waals surface area (Å²) >= 11 is 0. The number of carbonyl (C=O) groups excluding carboxylic acids is 3. The highest BCUT2D eigenvalue weighted by atomic mass is 16.5. The van der Waals surface area contributed by atoms with Crippen LogP contribution in [0.25, 0.3) is 0 Å². The molecule has 238 valence electrons. The minimum Gasteiger partial charge on any atom is -0.495 e. The third-order valence-corrected chi connectivity index (χ3v) is 7.38. The number of nitrogens with one attached hydrogen (secondary N) is 3. The molecule has 13 heteroatoms. The molecule has 0 radical (unpaired) electrons. The summed E-state index contributed by atoms with van der Waals surface area (Å²) in [7, 11) is 3.04. The number of para-hydroxylation sites is 1. The van der Waals surface area contributed by atoms with Crippen molar-refractivity contribution in [2.45, 2.75) is 25.8 Å². The SMILES string of the molecule is COc1cc(CC(=O)Nc2ccc(C(CC(=O)O)N(C)C(=O)CN3CCOCC3)nc2)ccc1NC(=O)Nc1ccccc1C. The number of urea groups is 1. The number of carboxylic acid groups (broad SMARTS) is 1. The van der Waals surface area contributed by atoms with Gasteiger partial charge in [-0.15, -0.1) is 0 Å². The van der Waals surface area contributed by atoms with E-state index in [1.807, 2.05) is 30.0 Å². The van der Waals surface area contributed by atoms with Gasteiger partial charge >= 0.3 is 12.0 Å². The summed E-state index contributed by atoms with van der Waals surface area (Å²) in [5, 5.41) is 17.8. The van der Waals surface area contributed by atoms with Gasteiger partial charge in [-0.25, -0.2) is 4.79 Å². The Balaban J connectivity index is 1.35.